The Balaban J connectivity index is 2.71. The van der Waals surface area contributed by atoms with Crippen LogP contribution in [0.25, 0.3) is 0 Å². The number of hydrogen-bond acceptors (Lipinski definition) is 5. The Bertz CT molecular complexity index is 595. The Morgan fingerprint density at radius 2 is 1.95 bits per heavy atom. The zero-order valence-electron chi connectivity index (χ0n) is 11.3. The Kier molecular flexibility index (Phi) is 5.74. The van der Waals surface area contributed by atoms with Crippen molar-refractivity contribution in [2.45, 2.75) is 31.3 Å². The fourth-order valence-corrected chi connectivity index (χ4v) is 2.42. The number of carbonyl (C=O) groups excluding carboxylic acids is 1. The molecule has 6 heteroatoms. The summed E-state index contributed by atoms with van der Waals surface area (Å²) in [4.78, 5) is 10.7. The Morgan fingerprint density at radius 1 is 1.35 bits per heavy atom. The number of esters is 1. The van der Waals surface area contributed by atoms with E-state index in [9.17, 15) is 13.2 Å². The zero-order valence-corrected chi connectivity index (χ0v) is 12.1. The number of aryl methyl sites for hydroxylation is 1. The monoisotopic (exact) mass is 296 g/mol. The first-order valence-corrected chi connectivity index (χ1v) is 7.35. The molecule has 0 unspecified atom stereocenters. The maximum absolute atomic E-state index is 12.0. The van der Waals surface area contributed by atoms with Gasteiger partial charge < -0.3 is 4.74 Å². The number of ether oxygens (including phenoxy) is 1. The van der Waals surface area contributed by atoms with E-state index in [0.29, 0.717) is 0 Å². The topological polar surface area (TPSA) is 69.7 Å². The lowest BCUT2D eigenvalue weighted by atomic mass is 10.2. The molecule has 1 atom stereocenters. The highest BCUT2D eigenvalue weighted by molar-refractivity contribution is 7.86. The van der Waals surface area contributed by atoms with E-state index in [-0.39, 0.29) is 17.9 Å². The van der Waals surface area contributed by atoms with Crippen LogP contribution < -0.4 is 0 Å². The standard InChI is InChI=1S/C14H16O5S/c1-4-13(9-10-18-12(3)15)19-20(16,17)14-7-5-11(2)6-8-14/h1,5-8,13H,9-10H2,2-3H3/t13-/m0/s1. The van der Waals surface area contributed by atoms with Crippen molar-refractivity contribution in [3.8, 4) is 12.3 Å². The van der Waals surface area contributed by atoms with Gasteiger partial charge in [-0.25, -0.2) is 4.18 Å². The third-order valence-electron chi connectivity index (χ3n) is 2.42. The van der Waals surface area contributed by atoms with Gasteiger partial charge in [0.2, 0.25) is 0 Å². The van der Waals surface area contributed by atoms with Crippen LogP contribution in [-0.2, 0) is 23.8 Å². The van der Waals surface area contributed by atoms with E-state index >= 15 is 0 Å². The summed E-state index contributed by atoms with van der Waals surface area (Å²) < 4.78 is 33.6. The molecule has 0 aliphatic heterocycles. The van der Waals surface area contributed by atoms with Crippen LogP contribution >= 0.6 is 0 Å². The van der Waals surface area contributed by atoms with Gasteiger partial charge in [-0.2, -0.15) is 8.42 Å². The summed E-state index contributed by atoms with van der Waals surface area (Å²) in [5, 5.41) is 0. The summed E-state index contributed by atoms with van der Waals surface area (Å²) >= 11 is 0. The van der Waals surface area contributed by atoms with Crippen molar-refractivity contribution in [2.24, 2.45) is 0 Å². The molecule has 0 bridgehead atoms. The maximum Gasteiger partial charge on any atom is 0.302 e. The van der Waals surface area contributed by atoms with E-state index in [1.807, 2.05) is 6.92 Å². The largest absolute Gasteiger partial charge is 0.466 e. The second-order valence-corrected chi connectivity index (χ2v) is 5.72. The van der Waals surface area contributed by atoms with Crippen LogP contribution in [0, 0.1) is 19.3 Å². The van der Waals surface area contributed by atoms with Crippen molar-refractivity contribution in [1.82, 2.24) is 0 Å². The average Bonchev–Trinajstić information content (AvgIpc) is 2.37. The summed E-state index contributed by atoms with van der Waals surface area (Å²) in [6.07, 6.45) is 4.36. The fourth-order valence-electron chi connectivity index (χ4n) is 1.38. The molecule has 1 aromatic carbocycles. The number of hydrogen-bond donors (Lipinski definition) is 0. The van der Waals surface area contributed by atoms with Gasteiger partial charge in [-0.3, -0.25) is 4.79 Å². The van der Waals surface area contributed by atoms with Gasteiger partial charge in [-0.05, 0) is 19.1 Å². The van der Waals surface area contributed by atoms with Crippen molar-refractivity contribution in [3.63, 3.8) is 0 Å². The molecule has 108 valence electrons. The molecular formula is C14H16O5S. The van der Waals surface area contributed by atoms with Gasteiger partial charge in [0.1, 0.15) is 6.10 Å². The molecular weight excluding hydrogens is 280 g/mol. The first-order chi connectivity index (χ1) is 9.35. The molecule has 0 aliphatic rings. The third kappa shape index (κ3) is 5.03. The molecule has 0 radical (unpaired) electrons. The van der Waals surface area contributed by atoms with Gasteiger partial charge in [-0.1, -0.05) is 23.6 Å². The van der Waals surface area contributed by atoms with Crippen molar-refractivity contribution < 1.29 is 22.1 Å². The van der Waals surface area contributed by atoms with E-state index in [2.05, 4.69) is 5.92 Å². The molecule has 0 spiro atoms. The Morgan fingerprint density at radius 3 is 2.45 bits per heavy atom. The lowest BCUT2D eigenvalue weighted by Crippen LogP contribution is -2.19. The van der Waals surface area contributed by atoms with E-state index in [4.69, 9.17) is 15.3 Å². The molecule has 1 aromatic rings. The van der Waals surface area contributed by atoms with Gasteiger partial charge in [0.15, 0.2) is 0 Å². The summed E-state index contributed by atoms with van der Waals surface area (Å²) in [5.41, 5.74) is 0.937. The van der Waals surface area contributed by atoms with Crippen molar-refractivity contribution >= 4 is 16.1 Å². The van der Waals surface area contributed by atoms with Crippen LogP contribution in [0.5, 0.6) is 0 Å². The van der Waals surface area contributed by atoms with Crippen LogP contribution in [0.1, 0.15) is 18.9 Å². The predicted molar refractivity (Wildman–Crippen MR) is 73.3 cm³/mol. The van der Waals surface area contributed by atoms with Gasteiger partial charge in [-0.15, -0.1) is 6.42 Å². The van der Waals surface area contributed by atoms with Gasteiger partial charge >= 0.3 is 5.97 Å². The first-order valence-electron chi connectivity index (χ1n) is 5.94. The molecule has 0 saturated carbocycles. The lowest BCUT2D eigenvalue weighted by Gasteiger charge is -2.12. The molecule has 1 rings (SSSR count). The highest BCUT2D eigenvalue weighted by Crippen LogP contribution is 2.16. The smallest absolute Gasteiger partial charge is 0.302 e. The quantitative estimate of drug-likeness (QED) is 0.453. The highest BCUT2D eigenvalue weighted by atomic mass is 32.2. The Labute approximate surface area is 119 Å². The second kappa shape index (κ2) is 7.08. The SMILES string of the molecule is C#C[C@@H](CCOC(C)=O)OS(=O)(=O)c1ccc(C)cc1. The summed E-state index contributed by atoms with van der Waals surface area (Å²) in [6, 6.07) is 6.23. The number of carbonyl (C=O) groups is 1. The van der Waals surface area contributed by atoms with Crippen molar-refractivity contribution in [3.05, 3.63) is 29.8 Å². The van der Waals surface area contributed by atoms with E-state index < -0.39 is 22.2 Å². The van der Waals surface area contributed by atoms with Crippen LogP contribution in [0.3, 0.4) is 0 Å². The van der Waals surface area contributed by atoms with Crippen LogP contribution in [0.4, 0.5) is 0 Å². The maximum atomic E-state index is 12.0. The van der Waals surface area contributed by atoms with Gasteiger partial charge in [0.05, 0.1) is 11.5 Å². The molecule has 5 nitrogen and oxygen atoms in total. The highest BCUT2D eigenvalue weighted by Gasteiger charge is 2.20. The van der Waals surface area contributed by atoms with Crippen molar-refractivity contribution in [2.75, 3.05) is 6.61 Å². The molecule has 20 heavy (non-hydrogen) atoms. The Hall–Kier alpha value is -1.84. The van der Waals surface area contributed by atoms with Crippen LogP contribution in [-0.4, -0.2) is 27.1 Å². The van der Waals surface area contributed by atoms with E-state index in [1.54, 1.807) is 12.1 Å². The minimum Gasteiger partial charge on any atom is -0.466 e. The molecule has 0 aliphatic carbocycles. The third-order valence-corrected chi connectivity index (χ3v) is 3.76. The van der Waals surface area contributed by atoms with Crippen LogP contribution in [0.15, 0.2) is 29.2 Å². The molecule has 0 heterocycles. The molecule has 0 amide bonds. The van der Waals surface area contributed by atoms with E-state index in [0.717, 1.165) is 5.56 Å². The molecule has 0 saturated heterocycles. The number of terminal acetylenes is 1. The van der Waals surface area contributed by atoms with Crippen molar-refractivity contribution in [1.29, 1.82) is 0 Å². The first kappa shape index (κ1) is 16.2. The number of benzene rings is 1. The average molecular weight is 296 g/mol. The van der Waals surface area contributed by atoms with Crippen LogP contribution in [0.2, 0.25) is 0 Å². The lowest BCUT2D eigenvalue weighted by molar-refractivity contribution is -0.141. The number of rotatable bonds is 6. The minimum atomic E-state index is -3.92. The fraction of sp³-hybridized carbons (Fsp3) is 0.357. The summed E-state index contributed by atoms with van der Waals surface area (Å²) in [6.45, 7) is 3.11. The summed E-state index contributed by atoms with van der Waals surface area (Å²) in [5.74, 6) is 1.76. The van der Waals surface area contributed by atoms with E-state index in [1.165, 1.54) is 19.1 Å². The molecule has 0 fully saturated rings. The predicted octanol–water partition coefficient (Wildman–Crippen LogP) is 1.66. The normalized spacial score (nSPS) is 12.4. The summed E-state index contributed by atoms with van der Waals surface area (Å²) in [7, 11) is -3.92. The zero-order chi connectivity index (χ0) is 15.2. The molecule has 0 aromatic heterocycles. The second-order valence-electron chi connectivity index (χ2n) is 4.15. The van der Waals surface area contributed by atoms with Gasteiger partial charge in [0, 0.05) is 13.3 Å². The minimum absolute atomic E-state index is 0.00756. The van der Waals surface area contributed by atoms with Gasteiger partial charge in [0.25, 0.3) is 10.1 Å². The molecule has 0 N–H and O–H groups in total.